The highest BCUT2D eigenvalue weighted by Crippen LogP contribution is 2.31. The van der Waals surface area contributed by atoms with Crippen molar-refractivity contribution in [3.8, 4) is 5.75 Å². The molecular formula is C20H23N3O4. The van der Waals surface area contributed by atoms with Gasteiger partial charge in [-0.05, 0) is 31.0 Å². The van der Waals surface area contributed by atoms with E-state index in [4.69, 9.17) is 4.74 Å². The standard InChI is InChI=1S/C20H23N3O4/c24-20(21-12-15-27-17-6-2-1-3-7-17)16-10-13-22(14-11-16)18-8-4-5-9-19(18)23(25)26/h1-9,16H,10-15H2,(H,21,24). The number of carbonyl (C=O) groups excluding carboxylic acids is 1. The Kier molecular flexibility index (Phi) is 6.25. The van der Waals surface area contributed by atoms with Crippen molar-refractivity contribution in [3.63, 3.8) is 0 Å². The maximum absolute atomic E-state index is 12.3. The van der Waals surface area contributed by atoms with Gasteiger partial charge in [0.05, 0.1) is 11.5 Å². The van der Waals surface area contributed by atoms with Crippen molar-refractivity contribution >= 4 is 17.3 Å². The summed E-state index contributed by atoms with van der Waals surface area (Å²) in [5.41, 5.74) is 0.732. The number of rotatable bonds is 7. The van der Waals surface area contributed by atoms with E-state index in [1.165, 1.54) is 6.07 Å². The monoisotopic (exact) mass is 369 g/mol. The van der Waals surface area contributed by atoms with Crippen LogP contribution < -0.4 is 15.0 Å². The number of benzene rings is 2. The normalized spacial score (nSPS) is 14.6. The molecule has 1 fully saturated rings. The van der Waals surface area contributed by atoms with E-state index >= 15 is 0 Å². The van der Waals surface area contributed by atoms with Gasteiger partial charge in [0.1, 0.15) is 18.0 Å². The number of hydrogen-bond acceptors (Lipinski definition) is 5. The molecule has 0 aromatic heterocycles. The average molecular weight is 369 g/mol. The SMILES string of the molecule is O=C(NCCOc1ccccc1)C1CCN(c2ccccc2[N+](=O)[O-])CC1. The van der Waals surface area contributed by atoms with Gasteiger partial charge in [-0.25, -0.2) is 0 Å². The van der Waals surface area contributed by atoms with E-state index in [0.29, 0.717) is 44.8 Å². The molecule has 3 rings (SSSR count). The van der Waals surface area contributed by atoms with Crippen LogP contribution in [0.15, 0.2) is 54.6 Å². The number of piperidine rings is 1. The summed E-state index contributed by atoms with van der Waals surface area (Å²) in [6.45, 7) is 2.13. The van der Waals surface area contributed by atoms with Gasteiger partial charge in [-0.2, -0.15) is 0 Å². The number of anilines is 1. The van der Waals surface area contributed by atoms with Crippen LogP contribution in [-0.4, -0.2) is 37.1 Å². The zero-order chi connectivity index (χ0) is 19.1. The van der Waals surface area contributed by atoms with E-state index in [1.54, 1.807) is 18.2 Å². The summed E-state index contributed by atoms with van der Waals surface area (Å²) in [5.74, 6) is 0.735. The Morgan fingerprint density at radius 2 is 1.78 bits per heavy atom. The molecule has 0 aliphatic carbocycles. The van der Waals surface area contributed by atoms with Crippen molar-refractivity contribution in [2.24, 2.45) is 5.92 Å². The molecule has 1 aliphatic heterocycles. The summed E-state index contributed by atoms with van der Waals surface area (Å²) < 4.78 is 5.57. The fourth-order valence-electron chi connectivity index (χ4n) is 3.27. The fraction of sp³-hybridized carbons (Fsp3) is 0.350. The number of para-hydroxylation sites is 3. The highest BCUT2D eigenvalue weighted by Gasteiger charge is 2.27. The predicted molar refractivity (Wildman–Crippen MR) is 103 cm³/mol. The predicted octanol–water partition coefficient (Wildman–Crippen LogP) is 3.01. The minimum Gasteiger partial charge on any atom is -0.492 e. The molecule has 1 aliphatic rings. The average Bonchev–Trinajstić information content (AvgIpc) is 2.72. The first-order valence-electron chi connectivity index (χ1n) is 9.09. The molecule has 0 bridgehead atoms. The highest BCUT2D eigenvalue weighted by molar-refractivity contribution is 5.79. The van der Waals surface area contributed by atoms with Crippen molar-refractivity contribution < 1.29 is 14.5 Å². The number of ether oxygens (including phenoxy) is 1. The van der Waals surface area contributed by atoms with Gasteiger partial charge in [0.2, 0.25) is 5.91 Å². The summed E-state index contributed by atoms with van der Waals surface area (Å²) in [6, 6.07) is 16.2. The van der Waals surface area contributed by atoms with Gasteiger partial charge in [-0.3, -0.25) is 14.9 Å². The number of nitro benzene ring substituents is 1. The van der Waals surface area contributed by atoms with Crippen LogP contribution in [0.25, 0.3) is 0 Å². The minimum absolute atomic E-state index is 0.0221. The van der Waals surface area contributed by atoms with Gasteiger partial charge in [0, 0.05) is 25.1 Å². The zero-order valence-electron chi connectivity index (χ0n) is 15.0. The fourth-order valence-corrected chi connectivity index (χ4v) is 3.27. The first-order chi connectivity index (χ1) is 13.1. The molecule has 1 N–H and O–H groups in total. The molecule has 1 amide bonds. The number of amides is 1. The largest absolute Gasteiger partial charge is 0.492 e. The van der Waals surface area contributed by atoms with Crippen LogP contribution in [0.2, 0.25) is 0 Å². The lowest BCUT2D eigenvalue weighted by Gasteiger charge is -2.32. The molecule has 7 nitrogen and oxygen atoms in total. The molecule has 1 heterocycles. The second-order valence-corrected chi connectivity index (χ2v) is 6.46. The summed E-state index contributed by atoms with van der Waals surface area (Å²) in [5, 5.41) is 14.1. The smallest absolute Gasteiger partial charge is 0.292 e. The van der Waals surface area contributed by atoms with Crippen molar-refractivity contribution in [1.29, 1.82) is 0 Å². The second-order valence-electron chi connectivity index (χ2n) is 6.46. The molecule has 0 spiro atoms. The van der Waals surface area contributed by atoms with E-state index in [2.05, 4.69) is 5.32 Å². The van der Waals surface area contributed by atoms with Crippen LogP contribution in [0.5, 0.6) is 5.75 Å². The Bertz CT molecular complexity index is 774. The Morgan fingerprint density at radius 1 is 1.11 bits per heavy atom. The molecule has 27 heavy (non-hydrogen) atoms. The van der Waals surface area contributed by atoms with Crippen LogP contribution in [0.1, 0.15) is 12.8 Å². The lowest BCUT2D eigenvalue weighted by molar-refractivity contribution is -0.384. The van der Waals surface area contributed by atoms with Crippen molar-refractivity contribution in [2.45, 2.75) is 12.8 Å². The molecule has 7 heteroatoms. The van der Waals surface area contributed by atoms with Gasteiger partial charge >= 0.3 is 0 Å². The molecule has 0 saturated carbocycles. The van der Waals surface area contributed by atoms with Crippen LogP contribution in [0.4, 0.5) is 11.4 Å². The maximum atomic E-state index is 12.3. The van der Waals surface area contributed by atoms with E-state index in [1.807, 2.05) is 35.2 Å². The molecule has 142 valence electrons. The lowest BCUT2D eigenvalue weighted by atomic mass is 9.95. The summed E-state index contributed by atoms with van der Waals surface area (Å²) in [6.07, 6.45) is 1.36. The maximum Gasteiger partial charge on any atom is 0.292 e. The van der Waals surface area contributed by atoms with Gasteiger partial charge in [0.25, 0.3) is 5.69 Å². The first kappa shape index (κ1) is 18.7. The highest BCUT2D eigenvalue weighted by atomic mass is 16.6. The number of hydrogen-bond donors (Lipinski definition) is 1. The molecule has 0 radical (unpaired) electrons. The zero-order valence-corrected chi connectivity index (χ0v) is 15.0. The number of nitrogens with one attached hydrogen (secondary N) is 1. The van der Waals surface area contributed by atoms with Crippen molar-refractivity contribution in [3.05, 3.63) is 64.7 Å². The van der Waals surface area contributed by atoms with Crippen LogP contribution >= 0.6 is 0 Å². The first-order valence-corrected chi connectivity index (χ1v) is 9.09. The Hall–Kier alpha value is -3.09. The summed E-state index contributed by atoms with van der Waals surface area (Å²) >= 11 is 0. The third-order valence-corrected chi connectivity index (χ3v) is 4.70. The Balaban J connectivity index is 1.43. The number of nitrogens with zero attached hydrogens (tertiary/aromatic N) is 2. The third-order valence-electron chi connectivity index (χ3n) is 4.70. The van der Waals surface area contributed by atoms with Crippen LogP contribution in [0.3, 0.4) is 0 Å². The number of carbonyl (C=O) groups is 1. The van der Waals surface area contributed by atoms with Gasteiger partial charge in [-0.1, -0.05) is 30.3 Å². The van der Waals surface area contributed by atoms with Gasteiger partial charge in [0.15, 0.2) is 0 Å². The molecule has 2 aromatic rings. The topological polar surface area (TPSA) is 84.7 Å². The summed E-state index contributed by atoms with van der Waals surface area (Å²) in [7, 11) is 0. The minimum atomic E-state index is -0.360. The van der Waals surface area contributed by atoms with E-state index < -0.39 is 0 Å². The Morgan fingerprint density at radius 3 is 2.48 bits per heavy atom. The lowest BCUT2D eigenvalue weighted by Crippen LogP contribution is -2.41. The van der Waals surface area contributed by atoms with Crippen LogP contribution in [-0.2, 0) is 4.79 Å². The number of nitro groups is 1. The van der Waals surface area contributed by atoms with E-state index in [9.17, 15) is 14.9 Å². The van der Waals surface area contributed by atoms with Gasteiger partial charge in [-0.15, -0.1) is 0 Å². The Labute approximate surface area is 158 Å². The molecule has 1 saturated heterocycles. The van der Waals surface area contributed by atoms with E-state index in [0.717, 1.165) is 5.75 Å². The summed E-state index contributed by atoms with van der Waals surface area (Å²) in [4.78, 5) is 25.1. The molecule has 0 atom stereocenters. The van der Waals surface area contributed by atoms with Crippen LogP contribution in [0, 0.1) is 16.0 Å². The van der Waals surface area contributed by atoms with E-state index in [-0.39, 0.29) is 22.4 Å². The quantitative estimate of drug-likeness (QED) is 0.461. The molecule has 2 aromatic carbocycles. The van der Waals surface area contributed by atoms with Crippen molar-refractivity contribution in [2.75, 3.05) is 31.1 Å². The van der Waals surface area contributed by atoms with Crippen molar-refractivity contribution in [1.82, 2.24) is 5.32 Å². The molecular weight excluding hydrogens is 346 g/mol. The van der Waals surface area contributed by atoms with Gasteiger partial charge < -0.3 is 15.0 Å². The molecule has 0 unspecified atom stereocenters. The second kappa shape index (κ2) is 9.02. The third kappa shape index (κ3) is 4.97.